The Hall–Kier alpha value is -1.10. The van der Waals surface area contributed by atoms with Crippen molar-refractivity contribution in [3.63, 3.8) is 0 Å². The van der Waals surface area contributed by atoms with Crippen LogP contribution in [0.3, 0.4) is 0 Å². The van der Waals surface area contributed by atoms with E-state index in [1.807, 2.05) is 0 Å². The van der Waals surface area contributed by atoms with E-state index in [1.165, 1.54) is 17.7 Å². The van der Waals surface area contributed by atoms with Crippen LogP contribution in [0.5, 0.6) is 0 Å². The van der Waals surface area contributed by atoms with Crippen molar-refractivity contribution in [3.8, 4) is 0 Å². The van der Waals surface area contributed by atoms with E-state index < -0.39 is 22.5 Å². The second-order valence-corrected chi connectivity index (χ2v) is 7.72. The second kappa shape index (κ2) is 5.59. The lowest BCUT2D eigenvalue weighted by Crippen LogP contribution is -2.20. The average molecular weight is 314 g/mol. The molecule has 0 N–H and O–H groups in total. The summed E-state index contributed by atoms with van der Waals surface area (Å²) < 4.78 is 49.9. The zero-order valence-corrected chi connectivity index (χ0v) is 12.3. The summed E-state index contributed by atoms with van der Waals surface area (Å²) in [5, 5.41) is 0.455. The van der Waals surface area contributed by atoms with E-state index in [4.69, 9.17) is 0 Å². The number of hydrogen-bond donors (Lipinski definition) is 0. The molecule has 0 aromatic heterocycles. The topological polar surface area (TPSA) is 17.1 Å². The predicted octanol–water partition coefficient (Wildman–Crippen LogP) is 4.25. The molecule has 0 aliphatic carbocycles. The van der Waals surface area contributed by atoms with E-state index in [1.54, 1.807) is 6.07 Å². The van der Waals surface area contributed by atoms with Crippen LogP contribution in [0.2, 0.25) is 0 Å². The first-order chi connectivity index (χ1) is 9.93. The number of alkyl halides is 3. The largest absolute Gasteiger partial charge is 0.416 e. The molecule has 1 aromatic carbocycles. The Kier molecular flexibility index (Phi) is 3.95. The van der Waals surface area contributed by atoms with Gasteiger partial charge in [-0.2, -0.15) is 13.2 Å². The lowest BCUT2D eigenvalue weighted by molar-refractivity contribution is -0.137. The Morgan fingerprint density at radius 2 is 2.00 bits per heavy atom. The summed E-state index contributed by atoms with van der Waals surface area (Å²) in [5.74, 6) is 0. The Labute approximate surface area is 124 Å². The SMILES string of the molecule is O=S1C2C=C(CCc3cccc(C(F)(F)F)c3)CC1CC2. The van der Waals surface area contributed by atoms with E-state index in [0.29, 0.717) is 12.0 Å². The average Bonchev–Trinajstić information content (AvgIpc) is 2.66. The van der Waals surface area contributed by atoms with Gasteiger partial charge < -0.3 is 0 Å². The van der Waals surface area contributed by atoms with E-state index in [0.717, 1.165) is 31.7 Å². The van der Waals surface area contributed by atoms with Gasteiger partial charge in [-0.3, -0.25) is 4.21 Å². The van der Waals surface area contributed by atoms with E-state index in [2.05, 4.69) is 6.08 Å². The first-order valence-corrected chi connectivity index (χ1v) is 8.46. The number of fused-ring (bicyclic) bond motifs is 2. The number of halogens is 3. The smallest absolute Gasteiger partial charge is 0.259 e. The first kappa shape index (κ1) is 14.8. The Bertz CT molecular complexity index is 591. The molecule has 0 amide bonds. The van der Waals surface area contributed by atoms with Crippen LogP contribution in [-0.2, 0) is 23.4 Å². The van der Waals surface area contributed by atoms with Crippen LogP contribution in [0.4, 0.5) is 13.2 Å². The highest BCUT2D eigenvalue weighted by molar-refractivity contribution is 7.86. The summed E-state index contributed by atoms with van der Waals surface area (Å²) in [4.78, 5) is 0. The van der Waals surface area contributed by atoms with Crippen molar-refractivity contribution in [2.24, 2.45) is 0 Å². The summed E-state index contributed by atoms with van der Waals surface area (Å²) in [6.45, 7) is 0. The highest BCUT2D eigenvalue weighted by Crippen LogP contribution is 2.36. The molecule has 0 saturated carbocycles. The molecule has 3 unspecified atom stereocenters. The van der Waals surface area contributed by atoms with Crippen LogP contribution in [0.15, 0.2) is 35.9 Å². The summed E-state index contributed by atoms with van der Waals surface area (Å²) in [5.41, 5.74) is 1.39. The summed E-state index contributed by atoms with van der Waals surface area (Å²) >= 11 is 0. The molecular weight excluding hydrogens is 297 g/mol. The summed E-state index contributed by atoms with van der Waals surface area (Å²) in [6.07, 6.45) is 2.06. The van der Waals surface area contributed by atoms with Crippen molar-refractivity contribution in [2.75, 3.05) is 0 Å². The molecule has 2 heterocycles. The van der Waals surface area contributed by atoms with Gasteiger partial charge in [-0.15, -0.1) is 0 Å². The number of rotatable bonds is 3. The minimum absolute atomic E-state index is 0.181. The van der Waals surface area contributed by atoms with E-state index >= 15 is 0 Å². The minimum Gasteiger partial charge on any atom is -0.259 e. The lowest BCUT2D eigenvalue weighted by Gasteiger charge is -2.19. The maximum atomic E-state index is 12.7. The maximum Gasteiger partial charge on any atom is 0.416 e. The quantitative estimate of drug-likeness (QED) is 0.762. The fourth-order valence-electron chi connectivity index (χ4n) is 3.18. The van der Waals surface area contributed by atoms with E-state index in [-0.39, 0.29) is 10.5 Å². The van der Waals surface area contributed by atoms with Crippen molar-refractivity contribution in [2.45, 2.75) is 48.8 Å². The van der Waals surface area contributed by atoms with Gasteiger partial charge >= 0.3 is 6.18 Å². The van der Waals surface area contributed by atoms with Gasteiger partial charge in [0.05, 0.1) is 10.8 Å². The highest BCUT2D eigenvalue weighted by Gasteiger charge is 2.35. The van der Waals surface area contributed by atoms with Gasteiger partial charge in [-0.25, -0.2) is 0 Å². The van der Waals surface area contributed by atoms with Crippen molar-refractivity contribution in [3.05, 3.63) is 47.0 Å². The highest BCUT2D eigenvalue weighted by atomic mass is 32.2. The normalized spacial score (nSPS) is 28.5. The second-order valence-electron chi connectivity index (χ2n) is 5.79. The van der Waals surface area contributed by atoms with Gasteiger partial charge in [0, 0.05) is 16.0 Å². The minimum atomic E-state index is -4.28. The molecule has 0 spiro atoms. The summed E-state index contributed by atoms with van der Waals surface area (Å²) in [7, 11) is -0.728. The molecule has 1 saturated heterocycles. The van der Waals surface area contributed by atoms with Crippen LogP contribution in [0.1, 0.15) is 36.8 Å². The zero-order valence-electron chi connectivity index (χ0n) is 11.5. The first-order valence-electron chi connectivity index (χ1n) is 7.18. The van der Waals surface area contributed by atoms with Gasteiger partial charge in [0.15, 0.2) is 0 Å². The number of benzene rings is 1. The third kappa shape index (κ3) is 3.23. The molecule has 3 rings (SSSR count). The molecule has 1 fully saturated rings. The van der Waals surface area contributed by atoms with Crippen molar-refractivity contribution < 1.29 is 17.4 Å². The molecule has 3 atom stereocenters. The molecule has 2 bridgehead atoms. The van der Waals surface area contributed by atoms with Gasteiger partial charge in [0.1, 0.15) is 0 Å². The Balaban J connectivity index is 1.66. The van der Waals surface area contributed by atoms with Gasteiger partial charge in [0.25, 0.3) is 0 Å². The van der Waals surface area contributed by atoms with Crippen LogP contribution in [0, 0.1) is 0 Å². The predicted molar refractivity (Wildman–Crippen MR) is 77.4 cm³/mol. The van der Waals surface area contributed by atoms with Gasteiger partial charge in [0.2, 0.25) is 0 Å². The van der Waals surface area contributed by atoms with E-state index in [9.17, 15) is 17.4 Å². The van der Waals surface area contributed by atoms with Crippen LogP contribution < -0.4 is 0 Å². The summed E-state index contributed by atoms with van der Waals surface area (Å²) in [6, 6.07) is 5.54. The molecule has 114 valence electrons. The Morgan fingerprint density at radius 1 is 1.19 bits per heavy atom. The van der Waals surface area contributed by atoms with Crippen LogP contribution >= 0.6 is 0 Å². The van der Waals surface area contributed by atoms with Crippen molar-refractivity contribution >= 4 is 10.8 Å². The van der Waals surface area contributed by atoms with Crippen molar-refractivity contribution in [1.29, 1.82) is 0 Å². The Morgan fingerprint density at radius 3 is 2.71 bits per heavy atom. The standard InChI is InChI=1S/C16H17F3OS/c17-16(18,19)13-3-1-2-11(8-13)4-5-12-9-14-6-7-15(10-12)21(14)20/h1-3,8-9,14-15H,4-7,10H2. The molecular formula is C16H17F3OS. The fraction of sp³-hybridized carbons (Fsp3) is 0.500. The molecule has 1 nitrogen and oxygen atoms in total. The third-order valence-electron chi connectivity index (χ3n) is 4.30. The molecule has 0 radical (unpaired) electrons. The zero-order chi connectivity index (χ0) is 15.0. The van der Waals surface area contributed by atoms with Crippen LogP contribution in [0.25, 0.3) is 0 Å². The number of allylic oxidation sites excluding steroid dienone is 1. The molecule has 5 heteroatoms. The maximum absolute atomic E-state index is 12.7. The molecule has 21 heavy (non-hydrogen) atoms. The number of aryl methyl sites for hydroxylation is 1. The van der Waals surface area contributed by atoms with Crippen LogP contribution in [-0.4, -0.2) is 14.7 Å². The molecule has 1 aromatic rings. The molecule has 2 aliphatic rings. The molecule has 2 aliphatic heterocycles. The lowest BCUT2D eigenvalue weighted by atomic mass is 9.99. The third-order valence-corrected chi connectivity index (χ3v) is 6.33. The van der Waals surface area contributed by atoms with Gasteiger partial charge in [-0.05, 0) is 43.7 Å². The van der Waals surface area contributed by atoms with Crippen molar-refractivity contribution in [1.82, 2.24) is 0 Å². The number of hydrogen-bond acceptors (Lipinski definition) is 1. The fourth-order valence-corrected chi connectivity index (χ4v) is 5.12. The monoisotopic (exact) mass is 314 g/mol. The van der Waals surface area contributed by atoms with Gasteiger partial charge in [-0.1, -0.05) is 29.8 Å².